The first-order valence-corrected chi connectivity index (χ1v) is 25.5. The van der Waals surface area contributed by atoms with E-state index in [0.29, 0.717) is 0 Å². The van der Waals surface area contributed by atoms with Crippen molar-refractivity contribution < 1.29 is 4.42 Å². The van der Waals surface area contributed by atoms with Gasteiger partial charge in [0, 0.05) is 27.4 Å². The number of nitrogens with zero attached hydrogens (tertiary/aromatic N) is 1. The van der Waals surface area contributed by atoms with Crippen molar-refractivity contribution in [1.82, 2.24) is 0 Å². The fourth-order valence-electron chi connectivity index (χ4n) is 11.7. The van der Waals surface area contributed by atoms with Crippen LogP contribution >= 0.6 is 0 Å². The van der Waals surface area contributed by atoms with Gasteiger partial charge in [-0.15, -0.1) is 0 Å². The summed E-state index contributed by atoms with van der Waals surface area (Å²) in [6.45, 7) is 0. The van der Waals surface area contributed by atoms with Gasteiger partial charge in [0.25, 0.3) is 0 Å². The number of furan rings is 1. The third-order valence-electron chi connectivity index (χ3n) is 14.5. The first kappa shape index (κ1) is 39.8. The molecule has 12 aromatic rings. The van der Waals surface area contributed by atoms with Crippen LogP contribution in [0.25, 0.3) is 43.8 Å². The molecule has 320 valence electrons. The number of fused-ring (bicyclic) bond motifs is 8. The molecule has 0 spiro atoms. The van der Waals surface area contributed by atoms with Crippen LogP contribution < -0.4 is 25.6 Å². The Morgan fingerprint density at radius 3 is 1.43 bits per heavy atom. The molecule has 0 amide bonds. The van der Waals surface area contributed by atoms with Gasteiger partial charge < -0.3 is 9.32 Å². The van der Waals surface area contributed by atoms with E-state index in [1.807, 2.05) is 0 Å². The summed E-state index contributed by atoms with van der Waals surface area (Å²) in [5.74, 6) is 0. The Balaban J connectivity index is 1.11. The molecule has 11 aromatic carbocycles. The van der Waals surface area contributed by atoms with Crippen LogP contribution in [0.15, 0.2) is 277 Å². The van der Waals surface area contributed by atoms with Crippen molar-refractivity contribution in [2.75, 3.05) is 4.90 Å². The molecule has 0 radical (unpaired) electrons. The fourth-order valence-corrected chi connectivity index (χ4v) is 16.4. The van der Waals surface area contributed by atoms with Crippen molar-refractivity contribution in [2.45, 2.75) is 5.41 Å². The average Bonchev–Trinajstić information content (AvgIpc) is 3.96. The molecule has 1 heterocycles. The maximum absolute atomic E-state index is 7.21. The minimum absolute atomic E-state index is 0.559. The topological polar surface area (TPSA) is 16.4 Å². The zero-order valence-electron chi connectivity index (χ0n) is 37.3. The lowest BCUT2D eigenvalue weighted by Crippen LogP contribution is -2.74. The van der Waals surface area contributed by atoms with E-state index in [1.54, 1.807) is 0 Å². The Bertz CT molecular complexity index is 3640. The first-order valence-electron chi connectivity index (χ1n) is 23.5. The first-order chi connectivity index (χ1) is 33.8. The summed E-state index contributed by atoms with van der Waals surface area (Å²) >= 11 is 0. The molecular weight excluding hydrogens is 839 g/mol. The zero-order valence-corrected chi connectivity index (χ0v) is 38.3. The van der Waals surface area contributed by atoms with Crippen LogP contribution in [-0.2, 0) is 5.41 Å². The van der Waals surface area contributed by atoms with Gasteiger partial charge in [0.2, 0.25) is 0 Å². The van der Waals surface area contributed by atoms with Gasteiger partial charge in [-0.25, -0.2) is 0 Å². The molecule has 0 atom stereocenters. The van der Waals surface area contributed by atoms with E-state index in [9.17, 15) is 0 Å². The van der Waals surface area contributed by atoms with Gasteiger partial charge in [-0.1, -0.05) is 243 Å². The van der Waals surface area contributed by atoms with E-state index in [4.69, 9.17) is 4.42 Å². The van der Waals surface area contributed by atoms with E-state index in [1.165, 1.54) is 54.1 Å². The van der Waals surface area contributed by atoms with E-state index in [0.717, 1.165) is 49.8 Å². The molecule has 1 aromatic heterocycles. The standard InChI is InChI=1S/C65H45NOSi/c1-6-23-47(24-7-1)65(48-25-8-2-9-26-48)58-36-19-18-34-57(58)62-59(65)37-21-38-60(62)66(61-39-20-35-55-56-45-40-46-22-16-17-33-54(46)63(56)67-64(55)61)49-41-43-53(44-42-49)68(50-27-10-3-11-28-50,51-29-12-4-13-30-51)52-31-14-5-15-32-52/h1-45H. The minimum atomic E-state index is -2.80. The van der Waals surface area contributed by atoms with Crippen LogP contribution in [0.1, 0.15) is 22.3 Å². The largest absolute Gasteiger partial charge is 0.453 e. The third kappa shape index (κ3) is 5.89. The van der Waals surface area contributed by atoms with Gasteiger partial charge in [-0.05, 0) is 84.3 Å². The summed E-state index contributed by atoms with van der Waals surface area (Å²) in [5.41, 5.74) is 11.7. The lowest BCUT2D eigenvalue weighted by Gasteiger charge is -2.35. The summed E-state index contributed by atoms with van der Waals surface area (Å²) in [6.07, 6.45) is 0. The minimum Gasteiger partial charge on any atom is -0.453 e. The molecule has 1 aliphatic carbocycles. The summed E-state index contributed by atoms with van der Waals surface area (Å²) in [6, 6.07) is 101. The Kier molecular flexibility index (Phi) is 9.45. The number of para-hydroxylation sites is 1. The van der Waals surface area contributed by atoms with Gasteiger partial charge in [0.05, 0.1) is 16.8 Å². The Labute approximate surface area is 397 Å². The average molecular weight is 884 g/mol. The third-order valence-corrected chi connectivity index (χ3v) is 19.3. The number of rotatable bonds is 9. The van der Waals surface area contributed by atoms with Crippen molar-refractivity contribution in [2.24, 2.45) is 0 Å². The van der Waals surface area contributed by atoms with Gasteiger partial charge in [0.1, 0.15) is 5.58 Å². The Hall–Kier alpha value is -8.50. The molecule has 0 aliphatic heterocycles. The van der Waals surface area contributed by atoms with Gasteiger partial charge in [-0.3, -0.25) is 0 Å². The monoisotopic (exact) mass is 883 g/mol. The van der Waals surface area contributed by atoms with Crippen molar-refractivity contribution in [3.8, 4) is 11.1 Å². The molecule has 0 saturated carbocycles. The number of benzene rings is 11. The van der Waals surface area contributed by atoms with Crippen molar-refractivity contribution in [3.05, 3.63) is 295 Å². The van der Waals surface area contributed by atoms with Crippen molar-refractivity contribution >= 4 is 78.6 Å². The van der Waals surface area contributed by atoms with Crippen molar-refractivity contribution in [1.29, 1.82) is 0 Å². The second-order valence-electron chi connectivity index (χ2n) is 17.9. The van der Waals surface area contributed by atoms with Gasteiger partial charge >= 0.3 is 0 Å². The van der Waals surface area contributed by atoms with Crippen LogP contribution in [0.2, 0.25) is 0 Å². The highest BCUT2D eigenvalue weighted by Crippen LogP contribution is 2.60. The van der Waals surface area contributed by atoms with Crippen LogP contribution in [0, 0.1) is 0 Å². The maximum Gasteiger partial charge on any atom is 0.179 e. The Morgan fingerprint density at radius 1 is 0.324 bits per heavy atom. The van der Waals surface area contributed by atoms with Crippen molar-refractivity contribution in [3.63, 3.8) is 0 Å². The summed E-state index contributed by atoms with van der Waals surface area (Å²) in [4.78, 5) is 2.47. The predicted octanol–water partition coefficient (Wildman–Crippen LogP) is 13.9. The molecule has 0 unspecified atom stereocenters. The fraction of sp³-hybridized carbons (Fsp3) is 0.0154. The van der Waals surface area contributed by atoms with Crippen LogP contribution in [0.4, 0.5) is 17.1 Å². The smallest absolute Gasteiger partial charge is 0.179 e. The summed E-state index contributed by atoms with van der Waals surface area (Å²) in [5, 5.41) is 9.81. The SMILES string of the molecule is c1ccc(C2(c3ccccc3)c3ccccc3-c3c(N(c4ccc([Si](c5ccccc5)(c5ccccc5)c5ccccc5)cc4)c4cccc5c4oc4c6ccccc6ccc54)cccc32)cc1. The summed E-state index contributed by atoms with van der Waals surface area (Å²) < 4.78 is 7.21. The molecule has 1 aliphatic rings. The highest BCUT2D eigenvalue weighted by atomic mass is 28.3. The van der Waals surface area contributed by atoms with Gasteiger partial charge in [0.15, 0.2) is 13.7 Å². The highest BCUT2D eigenvalue weighted by Gasteiger charge is 2.47. The predicted molar refractivity (Wildman–Crippen MR) is 287 cm³/mol. The molecule has 3 heteroatoms. The number of anilines is 3. The lowest BCUT2D eigenvalue weighted by atomic mass is 9.68. The number of hydrogen-bond donors (Lipinski definition) is 0. The molecule has 0 saturated heterocycles. The summed E-state index contributed by atoms with van der Waals surface area (Å²) in [7, 11) is -2.80. The van der Waals surface area contributed by atoms with Crippen LogP contribution in [0.5, 0.6) is 0 Å². The van der Waals surface area contributed by atoms with E-state index in [-0.39, 0.29) is 0 Å². The molecule has 68 heavy (non-hydrogen) atoms. The molecule has 13 rings (SSSR count). The number of hydrogen-bond acceptors (Lipinski definition) is 2. The van der Waals surface area contributed by atoms with E-state index >= 15 is 0 Å². The van der Waals surface area contributed by atoms with Crippen LogP contribution in [-0.4, -0.2) is 8.07 Å². The van der Waals surface area contributed by atoms with Gasteiger partial charge in [-0.2, -0.15) is 0 Å². The normalized spacial score (nSPS) is 12.8. The molecule has 2 nitrogen and oxygen atoms in total. The van der Waals surface area contributed by atoms with E-state index < -0.39 is 13.5 Å². The van der Waals surface area contributed by atoms with Crippen LogP contribution in [0.3, 0.4) is 0 Å². The molecule has 0 fully saturated rings. The molecular formula is C65H45NOSi. The lowest BCUT2D eigenvalue weighted by molar-refractivity contribution is 0.673. The molecule has 0 bridgehead atoms. The Morgan fingerprint density at radius 2 is 0.794 bits per heavy atom. The second kappa shape index (κ2) is 16.1. The zero-order chi connectivity index (χ0) is 45.1. The van der Waals surface area contributed by atoms with E-state index in [2.05, 4.69) is 278 Å². The second-order valence-corrected chi connectivity index (χ2v) is 21.7. The quantitative estimate of drug-likeness (QED) is 0.106. The maximum atomic E-state index is 7.21. The highest BCUT2D eigenvalue weighted by molar-refractivity contribution is 7.19. The molecule has 0 N–H and O–H groups in total.